The van der Waals surface area contributed by atoms with Crippen LogP contribution in [0.3, 0.4) is 0 Å². The second-order valence-electron chi connectivity index (χ2n) is 5.27. The molecule has 21 heavy (non-hydrogen) atoms. The summed E-state index contributed by atoms with van der Waals surface area (Å²) >= 11 is 1.46. The molecule has 0 saturated heterocycles. The average Bonchev–Trinajstić information content (AvgIpc) is 2.81. The molecular weight excluding hydrogens is 288 g/mol. The van der Waals surface area contributed by atoms with E-state index in [0.29, 0.717) is 34.6 Å². The fourth-order valence-corrected chi connectivity index (χ4v) is 4.32. The fraction of sp³-hybridized carbons (Fsp3) is 0.400. The van der Waals surface area contributed by atoms with Crippen molar-refractivity contribution in [1.29, 1.82) is 0 Å². The predicted octanol–water partition coefficient (Wildman–Crippen LogP) is 2.46. The Morgan fingerprint density at radius 1 is 1.62 bits per heavy atom. The summed E-state index contributed by atoms with van der Waals surface area (Å²) in [6, 6.07) is 0. The van der Waals surface area contributed by atoms with Crippen LogP contribution in [0.4, 0.5) is 0 Å². The second-order valence-corrected chi connectivity index (χ2v) is 6.35. The SMILES string of the molecule is C=CCn1c(C)nc2sc3c(c2c1=O)C(C(=O)O)CCC3. The van der Waals surface area contributed by atoms with Gasteiger partial charge in [-0.1, -0.05) is 6.08 Å². The van der Waals surface area contributed by atoms with Crippen LogP contribution in [-0.4, -0.2) is 20.6 Å². The van der Waals surface area contributed by atoms with Gasteiger partial charge in [0, 0.05) is 11.4 Å². The summed E-state index contributed by atoms with van der Waals surface area (Å²) < 4.78 is 1.55. The van der Waals surface area contributed by atoms with Gasteiger partial charge in [-0.05, 0) is 31.7 Å². The number of aryl methyl sites for hydroxylation is 2. The standard InChI is InChI=1S/C15H16N2O3S/c1-3-7-17-8(2)16-13-12(14(17)18)11-9(15(19)20)5-4-6-10(11)21-13/h3,9H,1,4-7H2,2H3,(H,19,20). The average molecular weight is 304 g/mol. The molecule has 2 aromatic rings. The quantitative estimate of drug-likeness (QED) is 0.884. The smallest absolute Gasteiger partial charge is 0.311 e. The molecule has 1 aliphatic carbocycles. The molecule has 0 fully saturated rings. The summed E-state index contributed by atoms with van der Waals surface area (Å²) in [4.78, 5) is 30.4. The highest BCUT2D eigenvalue weighted by Crippen LogP contribution is 2.40. The number of hydrogen-bond acceptors (Lipinski definition) is 4. The molecule has 0 amide bonds. The Balaban J connectivity index is 2.36. The highest BCUT2D eigenvalue weighted by atomic mass is 32.1. The van der Waals surface area contributed by atoms with Crippen molar-refractivity contribution < 1.29 is 9.90 Å². The zero-order valence-corrected chi connectivity index (χ0v) is 12.6. The van der Waals surface area contributed by atoms with Crippen LogP contribution in [0, 0.1) is 6.92 Å². The van der Waals surface area contributed by atoms with E-state index in [1.54, 1.807) is 17.6 Å². The Morgan fingerprint density at radius 2 is 2.38 bits per heavy atom. The Morgan fingerprint density at radius 3 is 3.05 bits per heavy atom. The minimum absolute atomic E-state index is 0.150. The van der Waals surface area contributed by atoms with Crippen molar-refractivity contribution in [3.05, 3.63) is 39.3 Å². The number of hydrogen-bond donors (Lipinski definition) is 1. The van der Waals surface area contributed by atoms with Crippen LogP contribution < -0.4 is 5.56 Å². The third-order valence-electron chi connectivity index (χ3n) is 3.97. The van der Waals surface area contributed by atoms with Crippen molar-refractivity contribution in [2.45, 2.75) is 38.6 Å². The maximum Gasteiger partial charge on any atom is 0.311 e. The summed E-state index contributed by atoms with van der Waals surface area (Å²) in [5.74, 6) is -0.805. The van der Waals surface area contributed by atoms with E-state index in [9.17, 15) is 14.7 Å². The van der Waals surface area contributed by atoms with Crippen LogP contribution in [0.25, 0.3) is 10.2 Å². The third kappa shape index (κ3) is 2.10. The molecule has 2 aromatic heterocycles. The minimum atomic E-state index is -0.856. The summed E-state index contributed by atoms with van der Waals surface area (Å²) in [6.07, 6.45) is 3.91. The largest absolute Gasteiger partial charge is 0.481 e. The Labute approximate surface area is 125 Å². The molecule has 1 unspecified atom stereocenters. The zero-order valence-electron chi connectivity index (χ0n) is 11.8. The summed E-state index contributed by atoms with van der Waals surface area (Å²) in [5, 5.41) is 9.94. The molecule has 0 aromatic carbocycles. The molecule has 3 rings (SSSR count). The lowest BCUT2D eigenvalue weighted by molar-refractivity contribution is -0.139. The van der Waals surface area contributed by atoms with Gasteiger partial charge in [0.1, 0.15) is 10.7 Å². The van der Waals surface area contributed by atoms with E-state index in [-0.39, 0.29) is 5.56 Å². The van der Waals surface area contributed by atoms with Crippen molar-refractivity contribution >= 4 is 27.5 Å². The topological polar surface area (TPSA) is 72.2 Å². The second kappa shape index (κ2) is 5.11. The van der Waals surface area contributed by atoms with Gasteiger partial charge in [0.15, 0.2) is 0 Å². The van der Waals surface area contributed by atoms with E-state index in [1.807, 2.05) is 0 Å². The number of allylic oxidation sites excluding steroid dienone is 1. The summed E-state index contributed by atoms with van der Waals surface area (Å²) in [7, 11) is 0. The molecule has 0 saturated carbocycles. The molecule has 110 valence electrons. The first-order valence-corrected chi connectivity index (χ1v) is 7.72. The van der Waals surface area contributed by atoms with Gasteiger partial charge < -0.3 is 5.11 Å². The zero-order chi connectivity index (χ0) is 15.1. The number of carboxylic acids is 1. The van der Waals surface area contributed by atoms with E-state index in [1.165, 1.54) is 11.3 Å². The van der Waals surface area contributed by atoms with Crippen molar-refractivity contribution in [3.63, 3.8) is 0 Å². The minimum Gasteiger partial charge on any atom is -0.481 e. The number of carboxylic acid groups (broad SMARTS) is 1. The molecule has 0 aliphatic heterocycles. The maximum atomic E-state index is 12.7. The molecule has 1 aliphatic rings. The van der Waals surface area contributed by atoms with Gasteiger partial charge in [0.2, 0.25) is 0 Å². The number of fused-ring (bicyclic) bond motifs is 3. The normalized spacial score (nSPS) is 17.7. The van der Waals surface area contributed by atoms with Gasteiger partial charge in [-0.3, -0.25) is 14.2 Å². The first-order valence-electron chi connectivity index (χ1n) is 6.91. The Kier molecular flexibility index (Phi) is 3.41. The molecule has 0 radical (unpaired) electrons. The number of rotatable bonds is 3. The lowest BCUT2D eigenvalue weighted by atomic mass is 9.86. The van der Waals surface area contributed by atoms with Gasteiger partial charge in [0.05, 0.1) is 11.3 Å². The molecule has 1 atom stereocenters. The van der Waals surface area contributed by atoms with Crippen molar-refractivity contribution in [3.8, 4) is 0 Å². The lowest BCUT2D eigenvalue weighted by Gasteiger charge is -2.19. The van der Waals surface area contributed by atoms with Gasteiger partial charge in [0.25, 0.3) is 5.56 Å². The van der Waals surface area contributed by atoms with Gasteiger partial charge in [-0.2, -0.15) is 0 Å². The summed E-state index contributed by atoms with van der Waals surface area (Å²) in [5.41, 5.74) is 0.548. The highest BCUT2D eigenvalue weighted by Gasteiger charge is 2.32. The van der Waals surface area contributed by atoms with Crippen LogP contribution in [0.15, 0.2) is 17.4 Å². The molecular formula is C15H16N2O3S. The molecule has 1 N–H and O–H groups in total. The van der Waals surface area contributed by atoms with Gasteiger partial charge in [-0.25, -0.2) is 4.98 Å². The lowest BCUT2D eigenvalue weighted by Crippen LogP contribution is -2.25. The van der Waals surface area contributed by atoms with E-state index in [2.05, 4.69) is 11.6 Å². The van der Waals surface area contributed by atoms with Crippen LogP contribution in [-0.2, 0) is 17.8 Å². The third-order valence-corrected chi connectivity index (χ3v) is 5.13. The van der Waals surface area contributed by atoms with Crippen LogP contribution in [0.2, 0.25) is 0 Å². The first-order chi connectivity index (χ1) is 10.0. The molecule has 6 heteroatoms. The van der Waals surface area contributed by atoms with Crippen LogP contribution >= 0.6 is 11.3 Å². The Bertz CT molecular complexity index is 803. The molecule has 2 heterocycles. The van der Waals surface area contributed by atoms with Crippen LogP contribution in [0.1, 0.15) is 35.0 Å². The summed E-state index contributed by atoms with van der Waals surface area (Å²) in [6.45, 7) is 5.83. The van der Waals surface area contributed by atoms with Gasteiger partial charge >= 0.3 is 5.97 Å². The van der Waals surface area contributed by atoms with Crippen LogP contribution in [0.5, 0.6) is 0 Å². The van der Waals surface area contributed by atoms with Crippen molar-refractivity contribution in [2.24, 2.45) is 0 Å². The number of nitrogens with zero attached hydrogens (tertiary/aromatic N) is 2. The van der Waals surface area contributed by atoms with Crippen molar-refractivity contribution in [1.82, 2.24) is 9.55 Å². The monoisotopic (exact) mass is 304 g/mol. The molecule has 0 spiro atoms. The fourth-order valence-electron chi connectivity index (χ4n) is 3.01. The first kappa shape index (κ1) is 14.0. The number of aliphatic carboxylic acids is 1. The molecule has 5 nitrogen and oxygen atoms in total. The van der Waals surface area contributed by atoms with Gasteiger partial charge in [-0.15, -0.1) is 17.9 Å². The number of aromatic nitrogens is 2. The highest BCUT2D eigenvalue weighted by molar-refractivity contribution is 7.18. The molecule has 0 bridgehead atoms. The predicted molar refractivity (Wildman–Crippen MR) is 82.1 cm³/mol. The van der Waals surface area contributed by atoms with E-state index < -0.39 is 11.9 Å². The number of carbonyl (C=O) groups is 1. The van der Waals surface area contributed by atoms with E-state index in [0.717, 1.165) is 17.7 Å². The maximum absolute atomic E-state index is 12.7. The van der Waals surface area contributed by atoms with E-state index >= 15 is 0 Å². The van der Waals surface area contributed by atoms with E-state index in [4.69, 9.17) is 0 Å². The number of thiophene rings is 1. The van der Waals surface area contributed by atoms with Crippen molar-refractivity contribution in [2.75, 3.05) is 0 Å². The Hall–Kier alpha value is -1.95.